The molecule has 1 amide bonds. The Kier molecular flexibility index (Phi) is 45.8. The van der Waals surface area contributed by atoms with E-state index in [1.807, 2.05) is 48.6 Å². The highest BCUT2D eigenvalue weighted by atomic mass is 16.5. The molecule has 62 heavy (non-hydrogen) atoms. The van der Waals surface area contributed by atoms with Crippen LogP contribution in [0.3, 0.4) is 0 Å². The van der Waals surface area contributed by atoms with Crippen molar-refractivity contribution in [1.29, 1.82) is 0 Å². The van der Waals surface area contributed by atoms with Crippen molar-refractivity contribution in [3.63, 3.8) is 0 Å². The van der Waals surface area contributed by atoms with Crippen LogP contribution in [0.1, 0.15) is 207 Å². The van der Waals surface area contributed by atoms with Gasteiger partial charge < -0.3 is 20.3 Å². The van der Waals surface area contributed by atoms with Crippen molar-refractivity contribution in [3.05, 3.63) is 109 Å². The molecule has 6 heteroatoms. The van der Waals surface area contributed by atoms with Gasteiger partial charge in [-0.3, -0.25) is 9.59 Å². The topological polar surface area (TPSA) is 95.9 Å². The number of aliphatic hydroxyl groups excluding tert-OH is 2. The van der Waals surface area contributed by atoms with Crippen molar-refractivity contribution < 1.29 is 24.5 Å². The second kappa shape index (κ2) is 48.6. The highest BCUT2D eigenvalue weighted by Crippen LogP contribution is 2.16. The fourth-order valence-corrected chi connectivity index (χ4v) is 6.91. The molecule has 0 saturated heterocycles. The first-order chi connectivity index (χ1) is 30.5. The second-order valence-electron chi connectivity index (χ2n) is 16.6. The summed E-state index contributed by atoms with van der Waals surface area (Å²) in [6.07, 6.45) is 65.8. The second-order valence-corrected chi connectivity index (χ2v) is 16.6. The highest BCUT2D eigenvalue weighted by Gasteiger charge is 2.24. The maximum atomic E-state index is 13.2. The Labute approximate surface area is 381 Å². The van der Waals surface area contributed by atoms with Gasteiger partial charge in [0.05, 0.1) is 25.2 Å². The molecule has 3 unspecified atom stereocenters. The lowest BCUT2D eigenvalue weighted by atomic mass is 10.0. The fraction of sp³-hybridized carbons (Fsp3) is 0.643. The summed E-state index contributed by atoms with van der Waals surface area (Å²) < 4.78 is 5.87. The van der Waals surface area contributed by atoms with Gasteiger partial charge in [-0.15, -0.1) is 0 Å². The van der Waals surface area contributed by atoms with Crippen molar-refractivity contribution in [2.45, 2.75) is 225 Å². The largest absolute Gasteiger partial charge is 0.462 e. The third-order valence-electron chi connectivity index (χ3n) is 10.7. The number of allylic oxidation sites excluding steroid dienone is 18. The van der Waals surface area contributed by atoms with Gasteiger partial charge in [-0.2, -0.15) is 0 Å². The Morgan fingerprint density at radius 3 is 1.50 bits per heavy atom. The summed E-state index contributed by atoms with van der Waals surface area (Å²) in [5.74, 6) is -0.594. The van der Waals surface area contributed by atoms with E-state index >= 15 is 0 Å². The summed E-state index contributed by atoms with van der Waals surface area (Å²) in [4.78, 5) is 26.1. The van der Waals surface area contributed by atoms with Crippen molar-refractivity contribution in [1.82, 2.24) is 5.32 Å². The van der Waals surface area contributed by atoms with Gasteiger partial charge in [0, 0.05) is 6.42 Å². The van der Waals surface area contributed by atoms with Gasteiger partial charge in [0.15, 0.2) is 0 Å². The first-order valence-corrected chi connectivity index (χ1v) is 25.2. The number of esters is 1. The van der Waals surface area contributed by atoms with Crippen LogP contribution in [0.15, 0.2) is 109 Å². The summed E-state index contributed by atoms with van der Waals surface area (Å²) in [5.41, 5.74) is 0. The normalized spacial score (nSPS) is 14.2. The van der Waals surface area contributed by atoms with E-state index in [1.165, 1.54) is 77.0 Å². The van der Waals surface area contributed by atoms with Gasteiger partial charge in [-0.1, -0.05) is 220 Å². The van der Waals surface area contributed by atoms with Gasteiger partial charge in [-0.05, 0) is 83.5 Å². The van der Waals surface area contributed by atoms with Crippen molar-refractivity contribution in [2.24, 2.45) is 0 Å². The monoisotopic (exact) mass is 860 g/mol. The molecule has 0 aromatic rings. The molecule has 0 aliphatic carbocycles. The molecule has 0 radical (unpaired) electrons. The van der Waals surface area contributed by atoms with Crippen LogP contribution in [0.5, 0.6) is 0 Å². The van der Waals surface area contributed by atoms with Crippen LogP contribution >= 0.6 is 0 Å². The Hall–Kier alpha value is -3.48. The quantitative estimate of drug-likeness (QED) is 0.0246. The molecule has 3 N–H and O–H groups in total. The molecule has 0 aromatic heterocycles. The van der Waals surface area contributed by atoms with E-state index in [9.17, 15) is 19.8 Å². The van der Waals surface area contributed by atoms with Crippen molar-refractivity contribution in [2.75, 3.05) is 6.61 Å². The first kappa shape index (κ1) is 58.5. The number of hydrogen-bond donors (Lipinski definition) is 3. The maximum absolute atomic E-state index is 13.2. The zero-order valence-corrected chi connectivity index (χ0v) is 40.0. The third kappa shape index (κ3) is 43.2. The number of carbonyl (C=O) groups excluding carboxylic acids is 2. The molecule has 0 rings (SSSR count). The Morgan fingerprint density at radius 2 is 0.952 bits per heavy atom. The summed E-state index contributed by atoms with van der Waals surface area (Å²) in [7, 11) is 0. The van der Waals surface area contributed by atoms with E-state index in [4.69, 9.17) is 4.74 Å². The van der Waals surface area contributed by atoms with Gasteiger partial charge >= 0.3 is 5.97 Å². The van der Waals surface area contributed by atoms with Crippen LogP contribution in [0.4, 0.5) is 0 Å². The average Bonchev–Trinajstić information content (AvgIpc) is 3.26. The molecular weight excluding hydrogens is 767 g/mol. The van der Waals surface area contributed by atoms with E-state index < -0.39 is 18.2 Å². The predicted octanol–water partition coefficient (Wildman–Crippen LogP) is 15.1. The molecule has 3 atom stereocenters. The molecule has 352 valence electrons. The van der Waals surface area contributed by atoms with Crippen LogP contribution in [0, 0.1) is 0 Å². The van der Waals surface area contributed by atoms with Crippen LogP contribution in [-0.2, 0) is 14.3 Å². The molecule has 0 heterocycles. The van der Waals surface area contributed by atoms with Gasteiger partial charge in [0.25, 0.3) is 0 Å². The number of ether oxygens (including phenoxy) is 1. The number of nitrogens with one attached hydrogen (secondary N) is 1. The molecule has 0 bridgehead atoms. The Bertz CT molecular complexity index is 1280. The van der Waals surface area contributed by atoms with Crippen LogP contribution < -0.4 is 5.32 Å². The first-order valence-electron chi connectivity index (χ1n) is 25.2. The SMILES string of the molecule is CC/C=C/C=C/C=C\C=C/C=C/CCCC(CC(=O)NC(CO)C(O)CCCCCCCCCCCCC)OC(=O)CCCCC/C=C\C/C=C\C/C=C\C/C=C\CCCCC. The van der Waals surface area contributed by atoms with Crippen molar-refractivity contribution >= 4 is 11.9 Å². The molecule has 0 spiro atoms. The van der Waals surface area contributed by atoms with Gasteiger partial charge in [0.2, 0.25) is 5.91 Å². The van der Waals surface area contributed by atoms with Crippen LogP contribution in [0.2, 0.25) is 0 Å². The van der Waals surface area contributed by atoms with Crippen LogP contribution in [0.25, 0.3) is 0 Å². The lowest BCUT2D eigenvalue weighted by Gasteiger charge is -2.24. The zero-order valence-electron chi connectivity index (χ0n) is 40.0. The number of amides is 1. The number of aliphatic hydroxyl groups is 2. The minimum absolute atomic E-state index is 0.00877. The summed E-state index contributed by atoms with van der Waals surface area (Å²) in [6, 6.07) is -0.737. The fourth-order valence-electron chi connectivity index (χ4n) is 6.91. The average molecular weight is 860 g/mol. The summed E-state index contributed by atoms with van der Waals surface area (Å²) in [5, 5.41) is 23.7. The van der Waals surface area contributed by atoms with Crippen molar-refractivity contribution in [3.8, 4) is 0 Å². The lowest BCUT2D eigenvalue weighted by Crippen LogP contribution is -2.46. The van der Waals surface area contributed by atoms with E-state index in [0.29, 0.717) is 19.3 Å². The number of carbonyl (C=O) groups is 2. The van der Waals surface area contributed by atoms with Gasteiger partial charge in [0.1, 0.15) is 6.10 Å². The lowest BCUT2D eigenvalue weighted by molar-refractivity contribution is -0.151. The number of rotatable bonds is 43. The van der Waals surface area contributed by atoms with Gasteiger partial charge in [-0.25, -0.2) is 0 Å². The van der Waals surface area contributed by atoms with E-state index in [0.717, 1.165) is 83.5 Å². The summed E-state index contributed by atoms with van der Waals surface area (Å²) in [6.45, 7) is 6.26. The molecule has 0 aliphatic rings. The van der Waals surface area contributed by atoms with E-state index in [2.05, 4.69) is 86.8 Å². The molecule has 0 saturated carbocycles. The molecule has 0 aliphatic heterocycles. The number of unbranched alkanes of at least 4 members (excludes halogenated alkanes) is 17. The molecular formula is C56H93NO5. The summed E-state index contributed by atoms with van der Waals surface area (Å²) >= 11 is 0. The smallest absolute Gasteiger partial charge is 0.306 e. The Morgan fingerprint density at radius 1 is 0.500 bits per heavy atom. The highest BCUT2D eigenvalue weighted by molar-refractivity contribution is 5.77. The maximum Gasteiger partial charge on any atom is 0.306 e. The minimum Gasteiger partial charge on any atom is -0.462 e. The van der Waals surface area contributed by atoms with E-state index in [-0.39, 0.29) is 24.9 Å². The molecule has 6 nitrogen and oxygen atoms in total. The predicted molar refractivity (Wildman–Crippen MR) is 268 cm³/mol. The number of hydrogen-bond acceptors (Lipinski definition) is 5. The van der Waals surface area contributed by atoms with Crippen LogP contribution in [-0.4, -0.2) is 46.9 Å². The van der Waals surface area contributed by atoms with E-state index in [1.54, 1.807) is 0 Å². The Balaban J connectivity index is 4.75. The molecule has 0 fully saturated rings. The third-order valence-corrected chi connectivity index (χ3v) is 10.7. The standard InChI is InChI=1S/C56H93NO5/c1-4-7-10-13-16-19-22-24-25-26-27-28-29-31-34-37-40-43-46-49-56(61)62-52(47-44-41-38-35-33-30-23-20-17-14-11-8-5-2)50-55(60)57-53(51-58)54(59)48-45-42-39-36-32-21-18-15-12-9-6-3/h8,11,14,16-17,19-20,23-25,27-28,30-31,33-35,38,52-54,58-59H,4-7,9-10,12-13,15,18,21-22,26,29,32,36-37,39-51H2,1-3H3,(H,57,60)/b11-8+,17-14+,19-16-,23-20-,25-24-,28-27-,33-30-,34-31-,38-35+. The molecule has 0 aromatic carbocycles. The zero-order chi connectivity index (χ0) is 45.2. The minimum atomic E-state index is -0.818.